The normalized spacial score (nSPS) is 15.1. The number of allylic oxidation sites excluding steroid dienone is 1. The molecular weight excluding hydrogens is 436 g/mol. The van der Waals surface area contributed by atoms with Crippen LogP contribution in [0.1, 0.15) is 51.3 Å². The zero-order chi connectivity index (χ0) is 25.0. The van der Waals surface area contributed by atoms with Crippen LogP contribution in [-0.4, -0.2) is 42.8 Å². The van der Waals surface area contributed by atoms with E-state index in [1.807, 2.05) is 30.3 Å². The summed E-state index contributed by atoms with van der Waals surface area (Å²) in [5.74, 6) is 0.491. The number of benzene rings is 3. The molecule has 1 heterocycles. The number of carbonyl (C=O) groups is 2. The molecule has 0 fully saturated rings. The van der Waals surface area contributed by atoms with E-state index in [0.717, 1.165) is 35.4 Å². The van der Waals surface area contributed by atoms with Gasteiger partial charge in [0.15, 0.2) is 5.78 Å². The van der Waals surface area contributed by atoms with E-state index in [1.165, 1.54) is 5.56 Å². The third-order valence-electron chi connectivity index (χ3n) is 6.31. The van der Waals surface area contributed by atoms with Crippen LogP contribution < -0.4 is 10.1 Å². The molecule has 35 heavy (non-hydrogen) atoms. The Morgan fingerprint density at radius 3 is 2.49 bits per heavy atom. The van der Waals surface area contributed by atoms with Crippen LogP contribution in [0.15, 0.2) is 78.9 Å². The summed E-state index contributed by atoms with van der Waals surface area (Å²) in [6.45, 7) is 4.83. The van der Waals surface area contributed by atoms with E-state index in [9.17, 15) is 9.59 Å². The third kappa shape index (κ3) is 5.80. The second-order valence-corrected chi connectivity index (χ2v) is 9.67. The Kier molecular flexibility index (Phi) is 7.06. The highest BCUT2D eigenvalue weighted by Crippen LogP contribution is 2.32. The van der Waals surface area contributed by atoms with Crippen molar-refractivity contribution >= 4 is 17.4 Å². The summed E-state index contributed by atoms with van der Waals surface area (Å²) < 4.78 is 5.40. The average Bonchev–Trinajstić information content (AvgIpc) is 2.86. The minimum absolute atomic E-state index is 0.102. The largest absolute Gasteiger partial charge is 0.497 e. The van der Waals surface area contributed by atoms with Gasteiger partial charge >= 0.3 is 0 Å². The SMILES string of the molecule is COc1ccc2c(c1)/C(=C/C(=O)c1cccc(C(=O)N(C)CCc3ccccc3)c1)NC(C)(C)C2. The molecule has 0 saturated carbocycles. The number of fused-ring (bicyclic) bond motifs is 1. The van der Waals surface area contributed by atoms with E-state index in [2.05, 4.69) is 37.4 Å². The molecule has 0 atom stereocenters. The lowest BCUT2D eigenvalue weighted by molar-refractivity contribution is 0.0796. The van der Waals surface area contributed by atoms with Crippen LogP contribution in [0.3, 0.4) is 0 Å². The molecule has 5 nitrogen and oxygen atoms in total. The zero-order valence-electron chi connectivity index (χ0n) is 20.8. The highest BCUT2D eigenvalue weighted by atomic mass is 16.5. The fourth-order valence-electron chi connectivity index (χ4n) is 4.44. The Bertz CT molecular complexity index is 1260. The number of hydrogen-bond acceptors (Lipinski definition) is 4. The summed E-state index contributed by atoms with van der Waals surface area (Å²) in [6, 6.07) is 23.0. The molecule has 1 aliphatic rings. The van der Waals surface area contributed by atoms with Crippen molar-refractivity contribution in [1.29, 1.82) is 0 Å². The van der Waals surface area contributed by atoms with Gasteiger partial charge in [-0.1, -0.05) is 48.5 Å². The van der Waals surface area contributed by atoms with Gasteiger partial charge in [0.2, 0.25) is 0 Å². The fraction of sp³-hybridized carbons (Fsp3) is 0.267. The number of methoxy groups -OCH3 is 1. The summed E-state index contributed by atoms with van der Waals surface area (Å²) in [5.41, 5.74) is 4.87. The quantitative estimate of drug-likeness (QED) is 0.385. The number of ketones is 1. The first kappa shape index (κ1) is 24.3. The van der Waals surface area contributed by atoms with Gasteiger partial charge < -0.3 is 15.0 Å². The van der Waals surface area contributed by atoms with Gasteiger partial charge in [0.05, 0.1) is 7.11 Å². The fourth-order valence-corrected chi connectivity index (χ4v) is 4.44. The van der Waals surface area contributed by atoms with Gasteiger partial charge in [-0.05, 0) is 62.1 Å². The van der Waals surface area contributed by atoms with Crippen LogP contribution in [0, 0.1) is 0 Å². The molecule has 0 unspecified atom stereocenters. The molecule has 1 amide bonds. The Balaban J connectivity index is 1.54. The highest BCUT2D eigenvalue weighted by molar-refractivity contribution is 6.10. The van der Waals surface area contributed by atoms with Crippen LogP contribution in [0.4, 0.5) is 0 Å². The lowest BCUT2D eigenvalue weighted by atomic mass is 9.85. The average molecular weight is 469 g/mol. The minimum Gasteiger partial charge on any atom is -0.497 e. The van der Waals surface area contributed by atoms with E-state index < -0.39 is 0 Å². The second-order valence-electron chi connectivity index (χ2n) is 9.67. The molecular formula is C30H32N2O3. The predicted molar refractivity (Wildman–Crippen MR) is 140 cm³/mol. The first-order valence-corrected chi connectivity index (χ1v) is 11.9. The third-order valence-corrected chi connectivity index (χ3v) is 6.31. The monoisotopic (exact) mass is 468 g/mol. The van der Waals surface area contributed by atoms with Gasteiger partial charge in [0, 0.05) is 47.6 Å². The summed E-state index contributed by atoms with van der Waals surface area (Å²) in [6.07, 6.45) is 3.25. The van der Waals surface area contributed by atoms with Crippen molar-refractivity contribution in [2.45, 2.75) is 32.2 Å². The number of likely N-dealkylation sites (N-methyl/N-ethyl adjacent to an activating group) is 1. The number of ether oxygens (including phenoxy) is 1. The number of rotatable bonds is 7. The molecule has 0 spiro atoms. The number of hydrogen-bond donors (Lipinski definition) is 1. The number of carbonyl (C=O) groups excluding carboxylic acids is 2. The van der Waals surface area contributed by atoms with E-state index in [-0.39, 0.29) is 17.2 Å². The standard InChI is InChI=1S/C30H32N2O3/c1-30(2)20-24-13-14-25(35-4)18-26(24)27(31-30)19-28(33)22-11-8-12-23(17-22)29(34)32(3)16-15-21-9-6-5-7-10-21/h5-14,17-19,31H,15-16,20H2,1-4H3/b27-19-. The van der Waals surface area contributed by atoms with Gasteiger partial charge in [-0.25, -0.2) is 0 Å². The van der Waals surface area contributed by atoms with E-state index in [4.69, 9.17) is 4.74 Å². The lowest BCUT2D eigenvalue weighted by Crippen LogP contribution is -2.43. The summed E-state index contributed by atoms with van der Waals surface area (Å²) in [4.78, 5) is 28.0. The van der Waals surface area contributed by atoms with Crippen molar-refractivity contribution in [2.75, 3.05) is 20.7 Å². The molecule has 180 valence electrons. The molecule has 0 aromatic heterocycles. The zero-order valence-corrected chi connectivity index (χ0v) is 20.8. The molecule has 0 saturated heterocycles. The Hall–Kier alpha value is -3.86. The molecule has 1 aliphatic heterocycles. The van der Waals surface area contributed by atoms with Crippen molar-refractivity contribution in [3.05, 3.63) is 107 Å². The summed E-state index contributed by atoms with van der Waals surface area (Å²) >= 11 is 0. The van der Waals surface area contributed by atoms with E-state index in [1.54, 1.807) is 49.4 Å². The van der Waals surface area contributed by atoms with Crippen molar-refractivity contribution in [3.63, 3.8) is 0 Å². The first-order valence-electron chi connectivity index (χ1n) is 11.9. The Labute approximate surface area is 207 Å². The van der Waals surface area contributed by atoms with Gasteiger partial charge in [-0.2, -0.15) is 0 Å². The van der Waals surface area contributed by atoms with Crippen molar-refractivity contribution in [1.82, 2.24) is 10.2 Å². The molecule has 1 N–H and O–H groups in total. The minimum atomic E-state index is -0.188. The Morgan fingerprint density at radius 1 is 1.00 bits per heavy atom. The molecule has 3 aromatic rings. The van der Waals surface area contributed by atoms with Crippen molar-refractivity contribution < 1.29 is 14.3 Å². The number of nitrogens with one attached hydrogen (secondary N) is 1. The van der Waals surface area contributed by atoms with Gasteiger partial charge in [-0.3, -0.25) is 9.59 Å². The van der Waals surface area contributed by atoms with Crippen molar-refractivity contribution in [3.8, 4) is 5.75 Å². The van der Waals surface area contributed by atoms with Crippen LogP contribution in [0.2, 0.25) is 0 Å². The summed E-state index contributed by atoms with van der Waals surface area (Å²) in [7, 11) is 3.43. The highest BCUT2D eigenvalue weighted by Gasteiger charge is 2.28. The smallest absolute Gasteiger partial charge is 0.253 e. The lowest BCUT2D eigenvalue weighted by Gasteiger charge is -2.35. The predicted octanol–water partition coefficient (Wildman–Crippen LogP) is 5.16. The molecule has 0 bridgehead atoms. The molecule has 4 rings (SSSR count). The van der Waals surface area contributed by atoms with Crippen LogP contribution in [0.25, 0.3) is 5.70 Å². The van der Waals surface area contributed by atoms with E-state index >= 15 is 0 Å². The molecule has 0 radical (unpaired) electrons. The van der Waals surface area contributed by atoms with E-state index in [0.29, 0.717) is 17.7 Å². The van der Waals surface area contributed by atoms with Gasteiger partial charge in [-0.15, -0.1) is 0 Å². The van der Waals surface area contributed by atoms with Crippen LogP contribution >= 0.6 is 0 Å². The maximum atomic E-state index is 13.3. The molecule has 3 aromatic carbocycles. The van der Waals surface area contributed by atoms with Crippen LogP contribution in [0.5, 0.6) is 5.75 Å². The van der Waals surface area contributed by atoms with Crippen LogP contribution in [-0.2, 0) is 12.8 Å². The topological polar surface area (TPSA) is 58.6 Å². The first-order chi connectivity index (χ1) is 16.8. The van der Waals surface area contributed by atoms with Gasteiger partial charge in [0.25, 0.3) is 5.91 Å². The number of nitrogens with zero attached hydrogens (tertiary/aromatic N) is 1. The van der Waals surface area contributed by atoms with Crippen molar-refractivity contribution in [2.24, 2.45) is 0 Å². The van der Waals surface area contributed by atoms with Gasteiger partial charge in [0.1, 0.15) is 5.75 Å². The summed E-state index contributed by atoms with van der Waals surface area (Å²) in [5, 5.41) is 3.50. The molecule has 5 heteroatoms. The second kappa shape index (κ2) is 10.2. The number of amides is 1. The maximum Gasteiger partial charge on any atom is 0.253 e. The Morgan fingerprint density at radius 2 is 1.74 bits per heavy atom. The maximum absolute atomic E-state index is 13.3. The molecule has 0 aliphatic carbocycles.